The Hall–Kier alpha value is -4.46. The van der Waals surface area contributed by atoms with Crippen LogP contribution in [0, 0.1) is 0 Å². The van der Waals surface area contributed by atoms with Crippen LogP contribution in [0.15, 0.2) is 121 Å². The van der Waals surface area contributed by atoms with Crippen molar-refractivity contribution in [2.24, 2.45) is 0 Å². The Bertz CT molecular complexity index is 2310. The molecule has 8 aromatic rings. The first-order chi connectivity index (χ1) is 19.6. The second-order valence-corrected chi connectivity index (χ2v) is 12.7. The van der Waals surface area contributed by atoms with Crippen LogP contribution >= 0.6 is 11.3 Å². The zero-order valence-electron chi connectivity index (χ0n) is 22.5. The third-order valence-electron chi connectivity index (χ3n) is 9.23. The molecule has 1 aromatic heterocycles. The van der Waals surface area contributed by atoms with Gasteiger partial charge in [-0.3, -0.25) is 0 Å². The normalized spacial score (nSPS) is 13.9. The van der Waals surface area contributed by atoms with Gasteiger partial charge in [-0.25, -0.2) is 0 Å². The Morgan fingerprint density at radius 2 is 1.07 bits per heavy atom. The van der Waals surface area contributed by atoms with Gasteiger partial charge in [-0.2, -0.15) is 0 Å². The number of hydrogen-bond acceptors (Lipinski definition) is 1. The average Bonchev–Trinajstić information content (AvgIpc) is 3.49. The van der Waals surface area contributed by atoms with Crippen LogP contribution in [0.25, 0.3) is 74.7 Å². The molecular weight excluding hydrogens is 500 g/mol. The molecule has 0 N–H and O–H groups in total. The topological polar surface area (TPSA) is 0 Å². The summed E-state index contributed by atoms with van der Waals surface area (Å²) in [5, 5.41) is 10.8. The highest BCUT2D eigenvalue weighted by Gasteiger charge is 2.38. The Labute approximate surface area is 237 Å². The van der Waals surface area contributed by atoms with E-state index in [4.69, 9.17) is 0 Å². The van der Waals surface area contributed by atoms with Gasteiger partial charge < -0.3 is 0 Å². The summed E-state index contributed by atoms with van der Waals surface area (Å²) in [7, 11) is 0. The molecule has 0 nitrogen and oxygen atoms in total. The monoisotopic (exact) mass is 526 g/mol. The smallest absolute Gasteiger partial charge is 0.0433 e. The molecule has 0 saturated carbocycles. The lowest BCUT2D eigenvalue weighted by molar-refractivity contribution is 0.667. The molecule has 188 valence electrons. The molecule has 0 amide bonds. The van der Waals surface area contributed by atoms with Crippen LogP contribution in [0.5, 0.6) is 0 Å². The van der Waals surface area contributed by atoms with Crippen molar-refractivity contribution in [1.82, 2.24) is 0 Å². The number of benzene rings is 7. The molecule has 1 heterocycles. The second kappa shape index (κ2) is 7.81. The van der Waals surface area contributed by atoms with Crippen molar-refractivity contribution in [2.45, 2.75) is 19.3 Å². The SMILES string of the molecule is CC1(C)c2cc(-c3cccc4c3sc3ccccc34)ccc2-c2ccc3c4ccccc4c4ccccc4c3c21. The third kappa shape index (κ3) is 2.80. The van der Waals surface area contributed by atoms with Crippen LogP contribution in [-0.2, 0) is 5.41 Å². The van der Waals surface area contributed by atoms with Crippen LogP contribution < -0.4 is 0 Å². The number of fused-ring (bicyclic) bond motifs is 13. The molecule has 0 radical (unpaired) electrons. The van der Waals surface area contributed by atoms with Crippen molar-refractivity contribution in [1.29, 1.82) is 0 Å². The predicted molar refractivity (Wildman–Crippen MR) is 175 cm³/mol. The van der Waals surface area contributed by atoms with E-state index in [1.165, 1.54) is 85.9 Å². The van der Waals surface area contributed by atoms with E-state index in [0.717, 1.165) is 0 Å². The van der Waals surface area contributed by atoms with E-state index in [0.29, 0.717) is 0 Å². The van der Waals surface area contributed by atoms with Gasteiger partial charge in [-0.05, 0) is 77.8 Å². The van der Waals surface area contributed by atoms with Crippen LogP contribution in [0.1, 0.15) is 25.0 Å². The fourth-order valence-corrected chi connectivity index (χ4v) is 8.68. The molecule has 1 aliphatic rings. The first kappa shape index (κ1) is 22.4. The fourth-order valence-electron chi connectivity index (χ4n) is 7.44. The second-order valence-electron chi connectivity index (χ2n) is 11.7. The number of rotatable bonds is 1. The van der Waals surface area contributed by atoms with E-state index in [-0.39, 0.29) is 5.41 Å². The van der Waals surface area contributed by atoms with Gasteiger partial charge in [0.2, 0.25) is 0 Å². The van der Waals surface area contributed by atoms with E-state index in [2.05, 4.69) is 135 Å². The van der Waals surface area contributed by atoms with Gasteiger partial charge in [0.1, 0.15) is 0 Å². The van der Waals surface area contributed by atoms with E-state index >= 15 is 0 Å². The summed E-state index contributed by atoms with van der Waals surface area (Å²) in [6, 6.07) is 45.3. The van der Waals surface area contributed by atoms with Crippen molar-refractivity contribution in [2.75, 3.05) is 0 Å². The molecule has 0 aliphatic heterocycles. The summed E-state index contributed by atoms with van der Waals surface area (Å²) in [5.74, 6) is 0. The predicted octanol–water partition coefficient (Wildman–Crippen LogP) is 11.5. The quantitative estimate of drug-likeness (QED) is 0.187. The molecule has 7 aromatic carbocycles. The van der Waals surface area contributed by atoms with Crippen molar-refractivity contribution in [3.8, 4) is 22.3 Å². The highest BCUT2D eigenvalue weighted by atomic mass is 32.1. The standard InChI is InChI=1S/C39H26S/c1-39(2)34-22-23(24-15-9-16-33-29-13-7-8-17-35(29)40-38(24)33)18-19-28(34)32-21-20-31-27-12-4-3-10-25(27)26-11-5-6-14-30(26)36(31)37(32)39/h3-22H,1-2H3. The molecule has 0 saturated heterocycles. The maximum atomic E-state index is 2.48. The van der Waals surface area contributed by atoms with Gasteiger partial charge >= 0.3 is 0 Å². The number of thiophene rings is 1. The fraction of sp³-hybridized carbons (Fsp3) is 0.0769. The molecule has 0 atom stereocenters. The Morgan fingerprint density at radius 1 is 0.475 bits per heavy atom. The Morgan fingerprint density at radius 3 is 1.85 bits per heavy atom. The Kier molecular flexibility index (Phi) is 4.37. The van der Waals surface area contributed by atoms with Crippen molar-refractivity contribution in [3.05, 3.63) is 132 Å². The van der Waals surface area contributed by atoms with Crippen molar-refractivity contribution < 1.29 is 0 Å². The van der Waals surface area contributed by atoms with E-state index < -0.39 is 0 Å². The van der Waals surface area contributed by atoms with Gasteiger partial charge in [-0.1, -0.05) is 123 Å². The molecule has 0 fully saturated rings. The Balaban J connectivity index is 1.33. The minimum atomic E-state index is -0.126. The molecular formula is C39H26S. The highest BCUT2D eigenvalue weighted by Crippen LogP contribution is 2.54. The highest BCUT2D eigenvalue weighted by molar-refractivity contribution is 7.26. The third-order valence-corrected chi connectivity index (χ3v) is 10.5. The largest absolute Gasteiger partial charge is 0.135 e. The van der Waals surface area contributed by atoms with Crippen LogP contribution in [0.4, 0.5) is 0 Å². The summed E-state index contributed by atoms with van der Waals surface area (Å²) in [6.07, 6.45) is 0. The summed E-state index contributed by atoms with van der Waals surface area (Å²) < 4.78 is 2.73. The van der Waals surface area contributed by atoms with Gasteiger partial charge in [0.25, 0.3) is 0 Å². The molecule has 0 unspecified atom stereocenters. The zero-order valence-corrected chi connectivity index (χ0v) is 23.3. The van der Waals surface area contributed by atoms with E-state index in [1.54, 1.807) is 0 Å². The van der Waals surface area contributed by atoms with Crippen LogP contribution in [0.3, 0.4) is 0 Å². The molecule has 0 bridgehead atoms. The summed E-state index contributed by atoms with van der Waals surface area (Å²) in [4.78, 5) is 0. The summed E-state index contributed by atoms with van der Waals surface area (Å²) >= 11 is 1.91. The minimum Gasteiger partial charge on any atom is -0.135 e. The number of hydrogen-bond donors (Lipinski definition) is 0. The van der Waals surface area contributed by atoms with Crippen molar-refractivity contribution >= 4 is 63.8 Å². The average molecular weight is 527 g/mol. The molecule has 9 rings (SSSR count). The van der Waals surface area contributed by atoms with Gasteiger partial charge in [-0.15, -0.1) is 11.3 Å². The molecule has 1 heteroatoms. The van der Waals surface area contributed by atoms with Crippen LogP contribution in [0.2, 0.25) is 0 Å². The summed E-state index contributed by atoms with van der Waals surface area (Å²) in [6.45, 7) is 4.84. The zero-order chi connectivity index (χ0) is 26.6. The van der Waals surface area contributed by atoms with Gasteiger partial charge in [0.15, 0.2) is 0 Å². The minimum absolute atomic E-state index is 0.126. The lowest BCUT2D eigenvalue weighted by Crippen LogP contribution is -2.15. The maximum Gasteiger partial charge on any atom is 0.0433 e. The first-order valence-electron chi connectivity index (χ1n) is 14.0. The van der Waals surface area contributed by atoms with Crippen LogP contribution in [-0.4, -0.2) is 0 Å². The lowest BCUT2D eigenvalue weighted by Gasteiger charge is -2.25. The van der Waals surface area contributed by atoms with E-state index in [1.807, 2.05) is 11.3 Å². The summed E-state index contributed by atoms with van der Waals surface area (Å²) in [5.41, 5.74) is 8.12. The maximum absolute atomic E-state index is 2.48. The van der Waals surface area contributed by atoms with Gasteiger partial charge in [0.05, 0.1) is 0 Å². The van der Waals surface area contributed by atoms with E-state index in [9.17, 15) is 0 Å². The molecule has 1 aliphatic carbocycles. The van der Waals surface area contributed by atoms with Gasteiger partial charge in [0, 0.05) is 25.6 Å². The first-order valence-corrected chi connectivity index (χ1v) is 14.8. The van der Waals surface area contributed by atoms with Crippen molar-refractivity contribution in [3.63, 3.8) is 0 Å². The molecule has 40 heavy (non-hydrogen) atoms. The lowest BCUT2D eigenvalue weighted by atomic mass is 9.78. The molecule has 0 spiro atoms.